The fourth-order valence-corrected chi connectivity index (χ4v) is 1.85. The second-order valence-electron chi connectivity index (χ2n) is 4.06. The first-order valence-corrected chi connectivity index (χ1v) is 5.33. The molecule has 0 aliphatic heterocycles. The van der Waals surface area contributed by atoms with E-state index in [1.807, 2.05) is 0 Å². The Morgan fingerprint density at radius 3 is 2.56 bits per heavy atom. The topological polar surface area (TPSA) is 54.7 Å². The maximum atomic E-state index is 12.7. The molecule has 6 heteroatoms. The van der Waals surface area contributed by atoms with E-state index in [0.29, 0.717) is 23.4 Å². The Hall–Kier alpha value is -1.98. The largest absolute Gasteiger partial charge is 0.416 e. The lowest BCUT2D eigenvalue weighted by Crippen LogP contribution is -2.09. The van der Waals surface area contributed by atoms with Gasteiger partial charge in [0.1, 0.15) is 5.82 Å². The van der Waals surface area contributed by atoms with Gasteiger partial charge in [-0.2, -0.15) is 18.3 Å². The normalized spacial score (nSPS) is 11.8. The maximum absolute atomic E-state index is 12.7. The van der Waals surface area contributed by atoms with E-state index in [1.54, 1.807) is 12.3 Å². The van der Waals surface area contributed by atoms with Crippen molar-refractivity contribution in [3.63, 3.8) is 0 Å². The van der Waals surface area contributed by atoms with E-state index < -0.39 is 11.7 Å². The molecule has 2 aromatic rings. The van der Waals surface area contributed by atoms with Gasteiger partial charge in [-0.3, -0.25) is 5.10 Å². The standard InChI is InChI=1S/C12H12F3N3/c1-7-8(5-9-6-17-18-11(9)16)3-2-4-10(7)12(13,14)15/h2-4,6H,5H2,1H3,(H3,16,17,18). The highest BCUT2D eigenvalue weighted by Gasteiger charge is 2.32. The number of alkyl halides is 3. The number of hydrogen-bond acceptors (Lipinski definition) is 2. The number of nitrogens with zero attached hydrogens (tertiary/aromatic N) is 1. The van der Waals surface area contributed by atoms with Crippen LogP contribution in [0.15, 0.2) is 24.4 Å². The number of nitrogen functional groups attached to an aromatic ring is 1. The van der Waals surface area contributed by atoms with Crippen LogP contribution >= 0.6 is 0 Å². The molecule has 18 heavy (non-hydrogen) atoms. The Morgan fingerprint density at radius 2 is 2.00 bits per heavy atom. The summed E-state index contributed by atoms with van der Waals surface area (Å²) in [6, 6.07) is 4.15. The molecule has 0 amide bonds. The van der Waals surface area contributed by atoms with Crippen molar-refractivity contribution in [2.75, 3.05) is 5.73 Å². The van der Waals surface area contributed by atoms with Crippen molar-refractivity contribution in [2.24, 2.45) is 0 Å². The van der Waals surface area contributed by atoms with E-state index in [9.17, 15) is 13.2 Å². The van der Waals surface area contributed by atoms with E-state index >= 15 is 0 Å². The van der Waals surface area contributed by atoms with Crippen LogP contribution in [0, 0.1) is 6.92 Å². The third-order valence-corrected chi connectivity index (χ3v) is 2.89. The molecule has 0 unspecified atom stereocenters. The van der Waals surface area contributed by atoms with Gasteiger partial charge >= 0.3 is 6.18 Å². The van der Waals surface area contributed by atoms with Crippen molar-refractivity contribution < 1.29 is 13.2 Å². The van der Waals surface area contributed by atoms with E-state index in [2.05, 4.69) is 10.2 Å². The summed E-state index contributed by atoms with van der Waals surface area (Å²) in [4.78, 5) is 0. The lowest BCUT2D eigenvalue weighted by molar-refractivity contribution is -0.138. The van der Waals surface area contributed by atoms with Gasteiger partial charge in [-0.15, -0.1) is 0 Å². The lowest BCUT2D eigenvalue weighted by atomic mass is 9.97. The Kier molecular flexibility index (Phi) is 3.02. The van der Waals surface area contributed by atoms with Crippen molar-refractivity contribution in [1.82, 2.24) is 10.2 Å². The summed E-state index contributed by atoms with van der Waals surface area (Å²) in [6.45, 7) is 1.47. The van der Waals surface area contributed by atoms with Crippen LogP contribution < -0.4 is 5.73 Å². The molecule has 0 fully saturated rings. The molecule has 1 heterocycles. The summed E-state index contributed by atoms with van der Waals surface area (Å²) in [5, 5.41) is 6.33. The molecule has 96 valence electrons. The van der Waals surface area contributed by atoms with Gasteiger partial charge in [0.2, 0.25) is 0 Å². The molecule has 1 aromatic heterocycles. The van der Waals surface area contributed by atoms with Crippen molar-refractivity contribution in [1.29, 1.82) is 0 Å². The first kappa shape index (κ1) is 12.5. The number of H-pyrrole nitrogens is 1. The molecule has 2 rings (SSSR count). The average molecular weight is 255 g/mol. The van der Waals surface area contributed by atoms with Gasteiger partial charge in [-0.05, 0) is 24.1 Å². The Balaban J connectivity index is 2.38. The molecular weight excluding hydrogens is 243 g/mol. The van der Waals surface area contributed by atoms with E-state index in [0.717, 1.165) is 6.07 Å². The minimum Gasteiger partial charge on any atom is -0.382 e. The van der Waals surface area contributed by atoms with Gasteiger partial charge in [0, 0.05) is 18.2 Å². The van der Waals surface area contributed by atoms with Crippen LogP contribution in [0.3, 0.4) is 0 Å². The van der Waals surface area contributed by atoms with Gasteiger partial charge in [0.15, 0.2) is 0 Å². The maximum Gasteiger partial charge on any atom is 0.416 e. The van der Waals surface area contributed by atoms with Crippen LogP contribution in [-0.4, -0.2) is 10.2 Å². The molecular formula is C12H12F3N3. The fraction of sp³-hybridized carbons (Fsp3) is 0.250. The lowest BCUT2D eigenvalue weighted by Gasteiger charge is -2.13. The van der Waals surface area contributed by atoms with Gasteiger partial charge in [-0.1, -0.05) is 12.1 Å². The molecule has 0 atom stereocenters. The van der Waals surface area contributed by atoms with Gasteiger partial charge < -0.3 is 5.73 Å². The molecule has 0 saturated carbocycles. The molecule has 3 N–H and O–H groups in total. The van der Waals surface area contributed by atoms with Crippen molar-refractivity contribution >= 4 is 5.82 Å². The van der Waals surface area contributed by atoms with Gasteiger partial charge in [0.05, 0.1) is 5.56 Å². The van der Waals surface area contributed by atoms with Crippen LogP contribution in [0.4, 0.5) is 19.0 Å². The monoisotopic (exact) mass is 255 g/mol. The van der Waals surface area contributed by atoms with Crippen LogP contribution in [0.2, 0.25) is 0 Å². The minimum absolute atomic E-state index is 0.227. The molecule has 0 saturated heterocycles. The number of halogens is 3. The van der Waals surface area contributed by atoms with E-state index in [4.69, 9.17) is 5.73 Å². The second-order valence-corrected chi connectivity index (χ2v) is 4.06. The van der Waals surface area contributed by atoms with Crippen LogP contribution in [0.1, 0.15) is 22.3 Å². The van der Waals surface area contributed by atoms with E-state index in [-0.39, 0.29) is 5.56 Å². The second kappa shape index (κ2) is 4.36. The quantitative estimate of drug-likeness (QED) is 0.866. The number of aromatic amines is 1. The zero-order valence-corrected chi connectivity index (χ0v) is 9.67. The van der Waals surface area contributed by atoms with Crippen LogP contribution in [0.5, 0.6) is 0 Å². The zero-order valence-electron chi connectivity index (χ0n) is 9.67. The van der Waals surface area contributed by atoms with Crippen LogP contribution in [0.25, 0.3) is 0 Å². The van der Waals surface area contributed by atoms with Crippen molar-refractivity contribution in [3.8, 4) is 0 Å². The first-order chi connectivity index (χ1) is 8.39. The molecule has 1 aromatic carbocycles. The predicted molar refractivity (Wildman–Crippen MR) is 62.0 cm³/mol. The van der Waals surface area contributed by atoms with Crippen molar-refractivity contribution in [3.05, 3.63) is 46.6 Å². The highest BCUT2D eigenvalue weighted by atomic mass is 19.4. The third kappa shape index (κ3) is 2.32. The van der Waals surface area contributed by atoms with Crippen molar-refractivity contribution in [2.45, 2.75) is 19.5 Å². The number of anilines is 1. The smallest absolute Gasteiger partial charge is 0.382 e. The highest BCUT2D eigenvalue weighted by Crippen LogP contribution is 2.33. The number of benzene rings is 1. The molecule has 0 aliphatic rings. The summed E-state index contributed by atoms with van der Waals surface area (Å²) >= 11 is 0. The Labute approximate surface area is 102 Å². The number of aromatic nitrogens is 2. The molecule has 0 aliphatic carbocycles. The summed E-state index contributed by atoms with van der Waals surface area (Å²) in [5.41, 5.74) is 6.50. The predicted octanol–water partition coefficient (Wildman–Crippen LogP) is 2.91. The summed E-state index contributed by atoms with van der Waals surface area (Å²) in [5.74, 6) is 0.312. The number of rotatable bonds is 2. The molecule has 0 spiro atoms. The molecule has 0 radical (unpaired) electrons. The van der Waals surface area contributed by atoms with Gasteiger partial charge in [0.25, 0.3) is 0 Å². The van der Waals surface area contributed by atoms with Gasteiger partial charge in [-0.25, -0.2) is 0 Å². The molecule has 0 bridgehead atoms. The summed E-state index contributed by atoms with van der Waals surface area (Å²) < 4.78 is 38.2. The van der Waals surface area contributed by atoms with Crippen LogP contribution in [-0.2, 0) is 12.6 Å². The SMILES string of the molecule is Cc1c(Cc2c[nH]nc2N)cccc1C(F)(F)F. The summed E-state index contributed by atoms with van der Waals surface area (Å²) in [6.07, 6.45) is -2.41. The highest BCUT2D eigenvalue weighted by molar-refractivity contribution is 5.44. The Morgan fingerprint density at radius 1 is 1.28 bits per heavy atom. The molecule has 3 nitrogen and oxygen atoms in total. The number of nitrogens with one attached hydrogen (secondary N) is 1. The first-order valence-electron chi connectivity index (χ1n) is 5.33. The third-order valence-electron chi connectivity index (χ3n) is 2.89. The van der Waals surface area contributed by atoms with E-state index in [1.165, 1.54) is 13.0 Å². The number of nitrogens with two attached hydrogens (primary N) is 1. The fourth-order valence-electron chi connectivity index (χ4n) is 1.85. The summed E-state index contributed by atoms with van der Waals surface area (Å²) in [7, 11) is 0. The minimum atomic E-state index is -4.33. The Bertz CT molecular complexity index is 558. The average Bonchev–Trinajstić information content (AvgIpc) is 2.66. The zero-order chi connectivity index (χ0) is 13.3. The number of hydrogen-bond donors (Lipinski definition) is 2.